The smallest absolute Gasteiger partial charge is 0.123 e. The maximum Gasteiger partial charge on any atom is 0.123 e. The monoisotopic (exact) mass is 219 g/mol. The average molecular weight is 219 g/mol. The van der Waals surface area contributed by atoms with E-state index in [2.05, 4.69) is 10.6 Å². The van der Waals surface area contributed by atoms with Crippen LogP contribution in [-0.4, -0.2) is 44.9 Å². The summed E-state index contributed by atoms with van der Waals surface area (Å²) in [5, 5.41) is 0. The van der Waals surface area contributed by atoms with Crippen molar-refractivity contribution in [1.82, 2.24) is 4.90 Å². The first-order chi connectivity index (χ1) is 7.90. The molecule has 2 aliphatic rings. The van der Waals surface area contributed by atoms with Gasteiger partial charge in [0.15, 0.2) is 0 Å². The Morgan fingerprint density at radius 2 is 2.25 bits per heavy atom. The number of allylic oxidation sites excluding steroid dienone is 2. The number of methoxy groups -OCH3 is 1. The molecule has 1 fully saturated rings. The van der Waals surface area contributed by atoms with Crippen molar-refractivity contribution in [3.8, 4) is 0 Å². The molecule has 0 saturated carbocycles. The second kappa shape index (κ2) is 5.71. The molecule has 1 saturated heterocycles. The van der Waals surface area contributed by atoms with E-state index in [1.54, 1.807) is 7.11 Å². The summed E-state index contributed by atoms with van der Waals surface area (Å²) in [4.78, 5) is 2.37. The molecule has 2 rings (SSSR count). The quantitative estimate of drug-likeness (QED) is 0.671. The van der Waals surface area contributed by atoms with Crippen LogP contribution in [0.3, 0.4) is 0 Å². The highest BCUT2D eigenvalue weighted by molar-refractivity contribution is 5.34. The molecule has 0 aromatic heterocycles. The molecule has 0 bridgehead atoms. The molecule has 1 aliphatic carbocycles. The minimum absolute atomic E-state index is 0.824. The van der Waals surface area contributed by atoms with Crippen LogP contribution in [0.25, 0.3) is 0 Å². The van der Waals surface area contributed by atoms with Crippen LogP contribution in [0.15, 0.2) is 41.4 Å². The van der Waals surface area contributed by atoms with Gasteiger partial charge < -0.3 is 9.47 Å². The molecule has 1 heterocycles. The lowest BCUT2D eigenvalue weighted by atomic mass is 10.2. The molecule has 3 nitrogen and oxygen atoms in total. The number of nitrogens with zero attached hydrogens (tertiary/aromatic N) is 1. The Morgan fingerprint density at radius 1 is 1.44 bits per heavy atom. The highest BCUT2D eigenvalue weighted by Crippen LogP contribution is 2.13. The van der Waals surface area contributed by atoms with Crippen LogP contribution in [-0.2, 0) is 9.47 Å². The first kappa shape index (κ1) is 11.2. The molecule has 0 unspecified atom stereocenters. The van der Waals surface area contributed by atoms with Crippen LogP contribution in [0.5, 0.6) is 0 Å². The maximum atomic E-state index is 5.37. The van der Waals surface area contributed by atoms with Crippen LogP contribution in [0.1, 0.15) is 0 Å². The van der Waals surface area contributed by atoms with Crippen LogP contribution >= 0.6 is 0 Å². The summed E-state index contributed by atoms with van der Waals surface area (Å²) in [5.74, 6) is 0.924. The molecule has 0 spiro atoms. The second-order valence-electron chi connectivity index (χ2n) is 3.82. The molecule has 16 heavy (non-hydrogen) atoms. The third-order valence-corrected chi connectivity index (χ3v) is 2.73. The highest BCUT2D eigenvalue weighted by Gasteiger charge is 2.13. The summed E-state index contributed by atoms with van der Waals surface area (Å²) in [6, 6.07) is 0. The predicted octanol–water partition coefficient (Wildman–Crippen LogP) is 1.50. The van der Waals surface area contributed by atoms with Crippen molar-refractivity contribution in [1.29, 1.82) is 0 Å². The van der Waals surface area contributed by atoms with Gasteiger partial charge in [0.25, 0.3) is 0 Å². The number of morpholine rings is 1. The second-order valence-corrected chi connectivity index (χ2v) is 3.82. The Balaban J connectivity index is 2.07. The molecule has 0 N–H and O–H groups in total. The molecular weight excluding hydrogens is 202 g/mol. The first-order valence-electron chi connectivity index (χ1n) is 5.56. The van der Waals surface area contributed by atoms with E-state index in [4.69, 9.17) is 9.47 Å². The Bertz CT molecular complexity index is 356. The zero-order valence-corrected chi connectivity index (χ0v) is 9.61. The molecular formula is C13H17NO2. The number of hydrogen-bond acceptors (Lipinski definition) is 3. The summed E-state index contributed by atoms with van der Waals surface area (Å²) in [6.45, 7) is 4.53. The summed E-state index contributed by atoms with van der Waals surface area (Å²) >= 11 is 0. The van der Waals surface area contributed by atoms with Gasteiger partial charge in [-0.25, -0.2) is 0 Å². The van der Waals surface area contributed by atoms with Crippen LogP contribution in [0.4, 0.5) is 0 Å². The van der Waals surface area contributed by atoms with Gasteiger partial charge >= 0.3 is 0 Å². The van der Waals surface area contributed by atoms with Crippen molar-refractivity contribution >= 4 is 0 Å². The number of rotatable bonds is 3. The molecule has 0 aromatic carbocycles. The van der Waals surface area contributed by atoms with E-state index in [0.717, 1.165) is 38.6 Å². The van der Waals surface area contributed by atoms with Gasteiger partial charge in [0, 0.05) is 25.2 Å². The zero-order chi connectivity index (χ0) is 11.2. The van der Waals surface area contributed by atoms with Crippen LogP contribution in [0.2, 0.25) is 0 Å². The van der Waals surface area contributed by atoms with Crippen molar-refractivity contribution in [3.63, 3.8) is 0 Å². The van der Waals surface area contributed by atoms with E-state index in [0.29, 0.717) is 0 Å². The average Bonchev–Trinajstić information content (AvgIpc) is 2.55. The summed E-state index contributed by atoms with van der Waals surface area (Å²) in [7, 11) is 1.71. The standard InChI is InChI=1S/C13H17NO2/c1-15-13-6-4-2-3-5-12(13)11-14-7-9-16-10-8-14/h2,4-6H,7-11H2,1H3. The molecule has 86 valence electrons. The lowest BCUT2D eigenvalue weighted by molar-refractivity contribution is 0.0422. The summed E-state index contributed by atoms with van der Waals surface area (Å²) in [6.07, 6.45) is 7.81. The van der Waals surface area contributed by atoms with Gasteiger partial charge in [-0.15, -0.1) is 5.73 Å². The number of ether oxygens (including phenoxy) is 2. The van der Waals surface area contributed by atoms with E-state index in [1.807, 2.05) is 24.3 Å². The number of hydrogen-bond donors (Lipinski definition) is 0. The SMILES string of the molecule is COC1=C(CN2CCOCC2)C=C=CC=C1. The Kier molecular flexibility index (Phi) is 4.00. The normalized spacial score (nSPS) is 21.3. The van der Waals surface area contributed by atoms with Gasteiger partial charge in [-0.05, 0) is 18.2 Å². The topological polar surface area (TPSA) is 21.7 Å². The minimum atomic E-state index is 0.824. The largest absolute Gasteiger partial charge is 0.496 e. The van der Waals surface area contributed by atoms with E-state index in [9.17, 15) is 0 Å². The van der Waals surface area contributed by atoms with Gasteiger partial charge in [-0.2, -0.15) is 0 Å². The van der Waals surface area contributed by atoms with E-state index < -0.39 is 0 Å². The fraction of sp³-hybridized carbons (Fsp3) is 0.462. The first-order valence-corrected chi connectivity index (χ1v) is 5.56. The van der Waals surface area contributed by atoms with Gasteiger partial charge in [-0.1, -0.05) is 6.08 Å². The predicted molar refractivity (Wildman–Crippen MR) is 63.1 cm³/mol. The van der Waals surface area contributed by atoms with E-state index >= 15 is 0 Å². The van der Waals surface area contributed by atoms with Crippen molar-refractivity contribution < 1.29 is 9.47 Å². The van der Waals surface area contributed by atoms with E-state index in [-0.39, 0.29) is 0 Å². The summed E-state index contributed by atoms with van der Waals surface area (Å²) < 4.78 is 10.7. The Morgan fingerprint density at radius 3 is 3.00 bits per heavy atom. The van der Waals surface area contributed by atoms with Gasteiger partial charge in [-0.3, -0.25) is 4.90 Å². The molecule has 0 aromatic rings. The third kappa shape index (κ3) is 2.86. The molecule has 0 atom stereocenters. The maximum absolute atomic E-state index is 5.37. The van der Waals surface area contributed by atoms with Crippen molar-refractivity contribution in [2.45, 2.75) is 0 Å². The lowest BCUT2D eigenvalue weighted by Gasteiger charge is -2.27. The van der Waals surface area contributed by atoms with Crippen LogP contribution < -0.4 is 0 Å². The third-order valence-electron chi connectivity index (χ3n) is 2.73. The lowest BCUT2D eigenvalue weighted by Crippen LogP contribution is -2.37. The fourth-order valence-electron chi connectivity index (χ4n) is 1.84. The van der Waals surface area contributed by atoms with Gasteiger partial charge in [0.05, 0.1) is 20.3 Å². The van der Waals surface area contributed by atoms with Gasteiger partial charge in [0.2, 0.25) is 0 Å². The van der Waals surface area contributed by atoms with Crippen molar-refractivity contribution in [3.05, 3.63) is 41.4 Å². The molecule has 0 amide bonds. The minimum Gasteiger partial charge on any atom is -0.496 e. The Hall–Kier alpha value is -1.28. The Labute approximate surface area is 96.3 Å². The fourth-order valence-corrected chi connectivity index (χ4v) is 1.84. The van der Waals surface area contributed by atoms with E-state index in [1.165, 1.54) is 5.57 Å². The molecule has 3 heteroatoms. The van der Waals surface area contributed by atoms with Crippen molar-refractivity contribution in [2.24, 2.45) is 0 Å². The van der Waals surface area contributed by atoms with Crippen LogP contribution in [0, 0.1) is 0 Å². The molecule has 1 aliphatic heterocycles. The van der Waals surface area contributed by atoms with Gasteiger partial charge in [0.1, 0.15) is 5.76 Å². The highest BCUT2D eigenvalue weighted by atomic mass is 16.5. The zero-order valence-electron chi connectivity index (χ0n) is 9.61. The summed E-state index contributed by atoms with van der Waals surface area (Å²) in [5.41, 5.74) is 4.29. The molecule has 0 radical (unpaired) electrons. The van der Waals surface area contributed by atoms with Crippen molar-refractivity contribution in [2.75, 3.05) is 40.0 Å².